The highest BCUT2D eigenvalue weighted by atomic mass is 31.2. The van der Waals surface area contributed by atoms with E-state index < -0.39 is 13.7 Å². The van der Waals surface area contributed by atoms with Crippen LogP contribution in [-0.2, 0) is 0 Å². The van der Waals surface area contributed by atoms with Crippen molar-refractivity contribution in [2.75, 3.05) is 13.2 Å². The molecule has 3 aromatic rings. The molecule has 0 fully saturated rings. The van der Waals surface area contributed by atoms with Crippen molar-refractivity contribution in [1.82, 2.24) is 0 Å². The molecule has 0 aromatic heterocycles. The predicted molar refractivity (Wildman–Crippen MR) is 129 cm³/mol. The number of aliphatic hydroxyl groups is 2. The molecular formula is C25H32O6P+. The molecule has 0 spiro atoms. The highest BCUT2D eigenvalue weighted by Crippen LogP contribution is 2.46. The molecule has 2 atom stereocenters. The quantitative estimate of drug-likeness (QED) is 0.362. The summed E-state index contributed by atoms with van der Waals surface area (Å²) in [5.74, 6) is -0.435. The summed E-state index contributed by atoms with van der Waals surface area (Å²) in [6.07, 6.45) is 0. The monoisotopic (exact) mass is 459 g/mol. The maximum absolute atomic E-state index is 10.2. The lowest BCUT2D eigenvalue weighted by Crippen LogP contribution is -2.20. The van der Waals surface area contributed by atoms with Gasteiger partial charge in [-0.15, -0.1) is 0 Å². The fraction of sp³-hybridized carbons (Fsp3) is 0.240. The minimum absolute atomic E-state index is 0.168. The fourth-order valence-electron chi connectivity index (χ4n) is 2.36. The van der Waals surface area contributed by atoms with Gasteiger partial charge in [-0.2, -0.15) is 0 Å². The zero-order valence-corrected chi connectivity index (χ0v) is 19.2. The number of carbonyl (C=O) groups is 1. The van der Waals surface area contributed by atoms with E-state index >= 15 is 0 Å². The third-order valence-electron chi connectivity index (χ3n) is 4.80. The van der Waals surface area contributed by atoms with Gasteiger partial charge in [-0.3, -0.25) is 0 Å². The van der Waals surface area contributed by atoms with Crippen LogP contribution >= 0.6 is 7.72 Å². The number of hydrogen-bond donors (Lipinski definition) is 5. The predicted octanol–water partition coefficient (Wildman–Crippen LogP) is 3.10. The summed E-state index contributed by atoms with van der Waals surface area (Å²) in [6, 6.07) is 26.2. The van der Waals surface area contributed by atoms with Crippen LogP contribution < -0.4 is 10.6 Å². The average molecular weight is 459 g/mol. The molecule has 3 aromatic carbocycles. The number of rotatable bonds is 6. The number of aliphatic hydroxyl groups excluding tert-OH is 2. The van der Waals surface area contributed by atoms with Crippen molar-refractivity contribution in [3.05, 3.63) is 96.6 Å². The van der Waals surface area contributed by atoms with Gasteiger partial charge in [-0.05, 0) is 48.2 Å². The molecule has 0 saturated carbocycles. The van der Waals surface area contributed by atoms with E-state index in [0.29, 0.717) is 16.2 Å². The molecule has 0 aliphatic rings. The third kappa shape index (κ3) is 9.27. The van der Waals surface area contributed by atoms with Crippen molar-refractivity contribution >= 4 is 24.3 Å². The molecule has 7 heteroatoms. The number of hydrogen-bond acceptors (Lipinski definition) is 5. The molecule has 0 heterocycles. The Kier molecular flexibility index (Phi) is 12.4. The van der Waals surface area contributed by atoms with Crippen LogP contribution in [0.2, 0.25) is 0 Å². The topological polar surface area (TPSA) is 118 Å². The molecule has 5 N–H and O–H groups in total. The van der Waals surface area contributed by atoms with Crippen LogP contribution in [-0.4, -0.2) is 44.3 Å². The minimum atomic E-state index is -3.15. The second-order valence-corrected chi connectivity index (χ2v) is 9.50. The maximum Gasteiger partial charge on any atom is 0.335 e. The Hall–Kier alpha value is -2.60. The Labute approximate surface area is 190 Å². The van der Waals surface area contributed by atoms with Crippen molar-refractivity contribution < 1.29 is 29.9 Å². The molecule has 0 saturated heterocycles. The normalized spacial score (nSPS) is 12.3. The number of carboxylic acids is 1. The molecule has 2 unspecified atom stereocenters. The van der Waals surface area contributed by atoms with E-state index in [9.17, 15) is 14.6 Å². The summed E-state index contributed by atoms with van der Waals surface area (Å²) >= 11 is 0. The molecule has 0 aliphatic carbocycles. The lowest BCUT2D eigenvalue weighted by molar-refractivity contribution is 0.0697. The van der Waals surface area contributed by atoms with Gasteiger partial charge >= 0.3 is 13.7 Å². The van der Waals surface area contributed by atoms with E-state index in [1.807, 2.05) is 26.0 Å². The molecule has 172 valence electrons. The first-order chi connectivity index (χ1) is 15.2. The Balaban J connectivity index is 0.000000260. The number of benzene rings is 3. The lowest BCUT2D eigenvalue weighted by atomic mass is 9.98. The van der Waals surface area contributed by atoms with Crippen molar-refractivity contribution in [1.29, 1.82) is 0 Å². The van der Waals surface area contributed by atoms with Gasteiger partial charge in [0.1, 0.15) is 0 Å². The average Bonchev–Trinajstić information content (AvgIpc) is 2.85. The number of carboxylic acid groups (broad SMARTS) is 1. The minimum Gasteiger partial charge on any atom is -0.478 e. The van der Waals surface area contributed by atoms with Gasteiger partial charge in [0, 0.05) is 13.2 Å². The van der Waals surface area contributed by atoms with Crippen LogP contribution in [0.5, 0.6) is 0 Å². The summed E-state index contributed by atoms with van der Waals surface area (Å²) < 4.78 is 0. The highest BCUT2D eigenvalue weighted by Gasteiger charge is 2.39. The van der Waals surface area contributed by atoms with Gasteiger partial charge < -0.3 is 15.3 Å². The van der Waals surface area contributed by atoms with Crippen molar-refractivity contribution in [3.63, 3.8) is 0 Å². The standard InChI is InChI=1S/C12H12O2P.C7H6O2.C6H14O2/c13-15(14,11-7-3-1-4-8-11)12-9-5-2-6-10-12;8-7(9)6-4-2-1-3-5-6;1-5(3-7)6(2)4-8/h1-10,13-14H;1-5H,(H,8,9);5-8H,3-4H2,1-2H3/q+1;;. The third-order valence-corrected chi connectivity index (χ3v) is 6.84. The molecular weight excluding hydrogens is 427 g/mol. The van der Waals surface area contributed by atoms with Crippen LogP contribution in [0, 0.1) is 11.8 Å². The first kappa shape index (κ1) is 27.4. The molecule has 32 heavy (non-hydrogen) atoms. The van der Waals surface area contributed by atoms with E-state index in [1.165, 1.54) is 0 Å². The molecule has 0 bridgehead atoms. The molecule has 6 nitrogen and oxygen atoms in total. The molecule has 0 aliphatic heterocycles. The van der Waals surface area contributed by atoms with E-state index in [4.69, 9.17) is 15.3 Å². The van der Waals surface area contributed by atoms with Crippen LogP contribution in [0.15, 0.2) is 91.0 Å². The zero-order chi connectivity index (χ0) is 24.0. The van der Waals surface area contributed by atoms with E-state index in [1.54, 1.807) is 78.9 Å². The summed E-state index contributed by atoms with van der Waals surface area (Å²) in [6.45, 7) is 4.17. The zero-order valence-electron chi connectivity index (χ0n) is 18.3. The van der Waals surface area contributed by atoms with Crippen molar-refractivity contribution in [2.45, 2.75) is 13.8 Å². The van der Waals surface area contributed by atoms with E-state index in [-0.39, 0.29) is 25.0 Å². The number of aromatic carboxylic acids is 1. The van der Waals surface area contributed by atoms with Gasteiger partial charge in [0.05, 0.1) is 5.56 Å². The van der Waals surface area contributed by atoms with Gasteiger partial charge in [0.25, 0.3) is 0 Å². The summed E-state index contributed by atoms with van der Waals surface area (Å²) in [5.41, 5.74) is 0.331. The largest absolute Gasteiger partial charge is 0.478 e. The van der Waals surface area contributed by atoms with Crippen LogP contribution in [0.4, 0.5) is 0 Å². The SMILES string of the molecule is CC(CO)C(C)CO.O=C(O)c1ccccc1.O[P+](O)(c1ccccc1)c1ccccc1. The molecule has 3 rings (SSSR count). The van der Waals surface area contributed by atoms with Gasteiger partial charge in [0.2, 0.25) is 0 Å². The van der Waals surface area contributed by atoms with Gasteiger partial charge in [0.15, 0.2) is 10.6 Å². The van der Waals surface area contributed by atoms with Crippen LogP contribution in [0.3, 0.4) is 0 Å². The van der Waals surface area contributed by atoms with Crippen molar-refractivity contribution in [3.8, 4) is 0 Å². The summed E-state index contributed by atoms with van der Waals surface area (Å²) in [5, 5.41) is 26.6. The highest BCUT2D eigenvalue weighted by molar-refractivity contribution is 7.79. The Morgan fingerprint density at radius 3 is 1.25 bits per heavy atom. The Bertz CT molecular complexity index is 839. The first-order valence-corrected chi connectivity index (χ1v) is 11.9. The fourth-order valence-corrected chi connectivity index (χ4v) is 3.84. The molecule has 0 amide bonds. The second kappa shape index (κ2) is 14.5. The van der Waals surface area contributed by atoms with Gasteiger partial charge in [-0.25, -0.2) is 14.6 Å². The smallest absolute Gasteiger partial charge is 0.335 e. The lowest BCUT2D eigenvalue weighted by Gasteiger charge is -2.13. The maximum atomic E-state index is 10.2. The van der Waals surface area contributed by atoms with Crippen molar-refractivity contribution in [2.24, 2.45) is 11.8 Å². The Morgan fingerprint density at radius 1 is 0.688 bits per heavy atom. The second-order valence-electron chi connectivity index (χ2n) is 7.26. The van der Waals surface area contributed by atoms with Gasteiger partial charge in [-0.1, -0.05) is 68.4 Å². The summed E-state index contributed by atoms with van der Waals surface area (Å²) in [4.78, 5) is 30.4. The van der Waals surface area contributed by atoms with Crippen LogP contribution in [0.1, 0.15) is 24.2 Å². The molecule has 0 radical (unpaired) electrons. The van der Waals surface area contributed by atoms with E-state index in [0.717, 1.165) is 0 Å². The first-order valence-electron chi connectivity index (χ1n) is 10.2. The van der Waals surface area contributed by atoms with E-state index in [2.05, 4.69) is 0 Å². The Morgan fingerprint density at radius 2 is 1.00 bits per heavy atom. The summed E-state index contributed by atoms with van der Waals surface area (Å²) in [7, 11) is -3.15. The van der Waals surface area contributed by atoms with Crippen LogP contribution in [0.25, 0.3) is 0 Å².